The summed E-state index contributed by atoms with van der Waals surface area (Å²) < 4.78 is 5.79. The highest BCUT2D eigenvalue weighted by molar-refractivity contribution is 5.92. The number of phenolic OH excluding ortho intramolecular Hbond substituents is 1. The van der Waals surface area contributed by atoms with Gasteiger partial charge in [0, 0.05) is 31.1 Å². The molecule has 0 radical (unpaired) electrons. The Hall–Kier alpha value is -4.07. The summed E-state index contributed by atoms with van der Waals surface area (Å²) in [6.45, 7) is 3.64. The molecule has 3 rings (SSSR count). The van der Waals surface area contributed by atoms with Crippen LogP contribution in [0.2, 0.25) is 0 Å². The van der Waals surface area contributed by atoms with Gasteiger partial charge in [0.05, 0.1) is 6.04 Å². The van der Waals surface area contributed by atoms with Gasteiger partial charge >= 0.3 is 6.03 Å². The summed E-state index contributed by atoms with van der Waals surface area (Å²) in [4.78, 5) is 27.9. The number of nitrogens with zero attached hydrogens (tertiary/aromatic N) is 1. The van der Waals surface area contributed by atoms with E-state index >= 15 is 0 Å². The van der Waals surface area contributed by atoms with Gasteiger partial charge in [0.15, 0.2) is 0 Å². The van der Waals surface area contributed by atoms with Gasteiger partial charge in [0.25, 0.3) is 5.91 Å². The first kappa shape index (κ1) is 21.6. The predicted molar refractivity (Wildman–Crippen MR) is 118 cm³/mol. The van der Waals surface area contributed by atoms with Crippen LogP contribution < -0.4 is 20.7 Å². The van der Waals surface area contributed by atoms with Gasteiger partial charge in [-0.1, -0.05) is 18.2 Å². The van der Waals surface area contributed by atoms with E-state index < -0.39 is 0 Å². The van der Waals surface area contributed by atoms with Crippen LogP contribution in [-0.4, -0.2) is 29.1 Å². The highest BCUT2D eigenvalue weighted by Crippen LogP contribution is 2.24. The fraction of sp³-hybridized carbons (Fsp3) is 0.174. The molecule has 31 heavy (non-hydrogen) atoms. The molecule has 0 fully saturated rings. The van der Waals surface area contributed by atoms with Crippen molar-refractivity contribution in [1.82, 2.24) is 15.6 Å². The van der Waals surface area contributed by atoms with E-state index in [0.29, 0.717) is 17.2 Å². The molecular weight excluding hydrogens is 396 g/mol. The molecule has 0 saturated heterocycles. The number of rotatable bonds is 6. The van der Waals surface area contributed by atoms with Gasteiger partial charge in [0.1, 0.15) is 22.9 Å². The summed E-state index contributed by atoms with van der Waals surface area (Å²) in [7, 11) is 1.54. The number of aromatic nitrogens is 1. The number of urea groups is 1. The van der Waals surface area contributed by atoms with E-state index in [9.17, 15) is 14.7 Å². The summed E-state index contributed by atoms with van der Waals surface area (Å²) in [5.41, 5.74) is 2.39. The maximum Gasteiger partial charge on any atom is 0.319 e. The van der Waals surface area contributed by atoms with E-state index in [1.54, 1.807) is 43.3 Å². The summed E-state index contributed by atoms with van der Waals surface area (Å²) in [5, 5.41) is 17.8. The molecule has 0 spiro atoms. The molecular formula is C23H24N4O4. The van der Waals surface area contributed by atoms with Crippen molar-refractivity contribution in [3.05, 3.63) is 77.6 Å². The first-order valence-corrected chi connectivity index (χ1v) is 9.69. The van der Waals surface area contributed by atoms with Crippen molar-refractivity contribution in [1.29, 1.82) is 0 Å². The molecule has 8 heteroatoms. The Morgan fingerprint density at radius 3 is 2.45 bits per heavy atom. The van der Waals surface area contributed by atoms with Crippen molar-refractivity contribution in [2.24, 2.45) is 0 Å². The van der Waals surface area contributed by atoms with Crippen LogP contribution in [0.15, 0.2) is 60.8 Å². The molecule has 0 aliphatic heterocycles. The van der Waals surface area contributed by atoms with E-state index in [1.807, 2.05) is 19.1 Å². The van der Waals surface area contributed by atoms with Crippen molar-refractivity contribution in [3.63, 3.8) is 0 Å². The van der Waals surface area contributed by atoms with Crippen LogP contribution in [0.25, 0.3) is 0 Å². The predicted octanol–water partition coefficient (Wildman–Crippen LogP) is 4.13. The van der Waals surface area contributed by atoms with Crippen LogP contribution >= 0.6 is 0 Å². The number of hydrogen-bond acceptors (Lipinski definition) is 5. The minimum Gasteiger partial charge on any atom is -0.508 e. The zero-order chi connectivity index (χ0) is 22.4. The summed E-state index contributed by atoms with van der Waals surface area (Å²) in [6, 6.07) is 14.8. The average molecular weight is 420 g/mol. The maximum atomic E-state index is 12.2. The first-order valence-electron chi connectivity index (χ1n) is 9.69. The molecule has 1 heterocycles. The van der Waals surface area contributed by atoms with Gasteiger partial charge in [-0.15, -0.1) is 0 Å². The molecule has 0 aliphatic carbocycles. The number of carbonyl (C=O) groups is 2. The number of hydrogen-bond donors (Lipinski definition) is 4. The molecule has 3 amide bonds. The number of amides is 3. The van der Waals surface area contributed by atoms with Crippen molar-refractivity contribution in [3.8, 4) is 17.2 Å². The van der Waals surface area contributed by atoms with Crippen LogP contribution in [0.5, 0.6) is 17.2 Å². The largest absolute Gasteiger partial charge is 0.508 e. The topological polar surface area (TPSA) is 113 Å². The minimum atomic E-state index is -0.380. The molecule has 3 aromatic rings. The van der Waals surface area contributed by atoms with E-state index in [2.05, 4.69) is 20.9 Å². The molecule has 1 aromatic heterocycles. The second-order valence-electron chi connectivity index (χ2n) is 6.95. The smallest absolute Gasteiger partial charge is 0.319 e. The Morgan fingerprint density at radius 2 is 1.77 bits per heavy atom. The molecule has 0 saturated carbocycles. The number of ether oxygens (including phenoxy) is 1. The number of benzene rings is 2. The highest BCUT2D eigenvalue weighted by atomic mass is 16.5. The third kappa shape index (κ3) is 5.72. The number of anilines is 1. The molecule has 0 aliphatic rings. The van der Waals surface area contributed by atoms with Gasteiger partial charge in [-0.25, -0.2) is 4.79 Å². The summed E-state index contributed by atoms with van der Waals surface area (Å²) in [6.07, 6.45) is 1.51. The van der Waals surface area contributed by atoms with Gasteiger partial charge < -0.3 is 25.8 Å². The third-order valence-corrected chi connectivity index (χ3v) is 4.62. The van der Waals surface area contributed by atoms with Gasteiger partial charge in [-0.3, -0.25) is 9.78 Å². The normalized spacial score (nSPS) is 11.3. The second-order valence-corrected chi connectivity index (χ2v) is 6.95. The lowest BCUT2D eigenvalue weighted by molar-refractivity contribution is 0.0957. The van der Waals surface area contributed by atoms with Crippen LogP contribution in [0, 0.1) is 6.92 Å². The highest BCUT2D eigenvalue weighted by Gasteiger charge is 2.11. The zero-order valence-corrected chi connectivity index (χ0v) is 17.5. The zero-order valence-electron chi connectivity index (χ0n) is 17.5. The number of carbonyl (C=O) groups excluding carboxylic acids is 2. The van der Waals surface area contributed by atoms with Crippen LogP contribution in [0.4, 0.5) is 10.5 Å². The minimum absolute atomic E-state index is 0.123. The SMILES string of the molecule is CNC(=O)c1cc(Oc2ccc(C(C)NC(=O)Nc3ccc(C)c(O)c3)cc2)ccn1. The molecule has 160 valence electrons. The number of nitrogens with one attached hydrogen (secondary N) is 3. The standard InChI is InChI=1S/C23H24N4O4/c1-14-4-7-17(12-21(14)28)27-23(30)26-15(2)16-5-8-18(9-6-16)31-19-10-11-25-20(13-19)22(29)24-3/h4-13,15,28H,1-3H3,(H,24,29)(H2,26,27,30). The number of pyridine rings is 1. The van der Waals surface area contributed by atoms with E-state index in [0.717, 1.165) is 11.1 Å². The number of aryl methyl sites for hydroxylation is 1. The number of aromatic hydroxyl groups is 1. The Balaban J connectivity index is 1.59. The van der Waals surface area contributed by atoms with Crippen molar-refractivity contribution < 1.29 is 19.4 Å². The Labute approximate surface area is 180 Å². The lowest BCUT2D eigenvalue weighted by Crippen LogP contribution is -2.31. The van der Waals surface area contributed by atoms with E-state index in [1.165, 1.54) is 19.3 Å². The van der Waals surface area contributed by atoms with Gasteiger partial charge in [-0.05, 0) is 49.2 Å². The van der Waals surface area contributed by atoms with Crippen molar-refractivity contribution in [2.75, 3.05) is 12.4 Å². The van der Waals surface area contributed by atoms with Gasteiger partial charge in [0.2, 0.25) is 0 Å². The monoisotopic (exact) mass is 420 g/mol. The fourth-order valence-electron chi connectivity index (χ4n) is 2.82. The lowest BCUT2D eigenvalue weighted by Gasteiger charge is -2.16. The van der Waals surface area contributed by atoms with Crippen LogP contribution in [-0.2, 0) is 0 Å². The van der Waals surface area contributed by atoms with E-state index in [4.69, 9.17) is 4.74 Å². The van der Waals surface area contributed by atoms with Crippen molar-refractivity contribution >= 4 is 17.6 Å². The Bertz CT molecular complexity index is 1080. The maximum absolute atomic E-state index is 12.2. The molecule has 1 unspecified atom stereocenters. The van der Waals surface area contributed by atoms with Crippen LogP contribution in [0.1, 0.15) is 34.6 Å². The summed E-state index contributed by atoms with van der Waals surface area (Å²) in [5.74, 6) is 0.913. The summed E-state index contributed by atoms with van der Waals surface area (Å²) >= 11 is 0. The quantitative estimate of drug-likeness (QED) is 0.479. The van der Waals surface area contributed by atoms with E-state index in [-0.39, 0.29) is 29.4 Å². The van der Waals surface area contributed by atoms with Gasteiger partial charge in [-0.2, -0.15) is 0 Å². The lowest BCUT2D eigenvalue weighted by atomic mass is 10.1. The molecule has 8 nitrogen and oxygen atoms in total. The second kappa shape index (κ2) is 9.62. The van der Waals surface area contributed by atoms with Crippen molar-refractivity contribution in [2.45, 2.75) is 19.9 Å². The molecule has 1 atom stereocenters. The molecule has 4 N–H and O–H groups in total. The van der Waals surface area contributed by atoms with Crippen LogP contribution in [0.3, 0.4) is 0 Å². The Morgan fingerprint density at radius 1 is 1.03 bits per heavy atom. The first-order chi connectivity index (χ1) is 14.9. The average Bonchev–Trinajstić information content (AvgIpc) is 2.76. The number of phenols is 1. The third-order valence-electron chi connectivity index (χ3n) is 4.62. The molecule has 2 aromatic carbocycles. The Kier molecular flexibility index (Phi) is 6.71. The molecule has 0 bridgehead atoms. The fourth-order valence-corrected chi connectivity index (χ4v) is 2.82.